The molecular weight excluding hydrogens is 526 g/mol. The van der Waals surface area contributed by atoms with Crippen LogP contribution in [-0.2, 0) is 20.1 Å². The van der Waals surface area contributed by atoms with Crippen LogP contribution in [0.25, 0.3) is 22.5 Å². The number of hydrogen-bond donors (Lipinski definition) is 1. The number of carbonyl (C=O) groups excluding carboxylic acids is 2. The summed E-state index contributed by atoms with van der Waals surface area (Å²) in [5.41, 5.74) is 4.67. The van der Waals surface area contributed by atoms with Crippen molar-refractivity contribution in [1.82, 2.24) is 15.3 Å². The van der Waals surface area contributed by atoms with Gasteiger partial charge in [-0.05, 0) is 18.1 Å². The maximum absolute atomic E-state index is 13.3. The quantitative estimate of drug-likeness (QED) is 0.125. The molecule has 1 N–H and O–H groups in total. The van der Waals surface area contributed by atoms with Crippen LogP contribution in [-0.4, -0.2) is 46.0 Å². The van der Waals surface area contributed by atoms with Gasteiger partial charge in [0, 0.05) is 22.6 Å². The van der Waals surface area contributed by atoms with Gasteiger partial charge in [0.25, 0.3) is 0 Å². The third-order valence-electron chi connectivity index (χ3n) is 5.95. The van der Waals surface area contributed by atoms with Gasteiger partial charge in [0.15, 0.2) is 5.16 Å². The minimum atomic E-state index is -0.748. The van der Waals surface area contributed by atoms with E-state index in [1.54, 1.807) is 11.8 Å². The molecule has 2 unspecified atom stereocenters. The molecule has 4 rings (SSSR count). The van der Waals surface area contributed by atoms with Crippen molar-refractivity contribution in [3.8, 4) is 22.5 Å². The van der Waals surface area contributed by atoms with E-state index in [9.17, 15) is 9.59 Å². The van der Waals surface area contributed by atoms with Crippen molar-refractivity contribution in [2.24, 2.45) is 0 Å². The van der Waals surface area contributed by atoms with E-state index in [2.05, 4.69) is 5.32 Å². The first-order chi connectivity index (χ1) is 19.1. The van der Waals surface area contributed by atoms with E-state index >= 15 is 0 Å². The Kier molecular flexibility index (Phi) is 10.6. The van der Waals surface area contributed by atoms with E-state index in [4.69, 9.17) is 14.7 Å². The summed E-state index contributed by atoms with van der Waals surface area (Å²) in [6, 6.07) is 31.0. The highest BCUT2D eigenvalue weighted by atomic mass is 32.2. The Hall–Kier alpha value is -3.62. The van der Waals surface area contributed by atoms with Gasteiger partial charge in [-0.15, -0.1) is 0 Å². The molecular formula is C31H31N3O3S2. The lowest BCUT2D eigenvalue weighted by Crippen LogP contribution is -2.46. The average molecular weight is 558 g/mol. The normalized spacial score (nSPS) is 12.4. The number of carbonyl (C=O) groups is 2. The van der Waals surface area contributed by atoms with Gasteiger partial charge in [-0.25, -0.2) is 14.8 Å². The van der Waals surface area contributed by atoms with Crippen molar-refractivity contribution in [2.75, 3.05) is 12.9 Å². The van der Waals surface area contributed by atoms with E-state index in [1.165, 1.54) is 18.9 Å². The average Bonchev–Trinajstić information content (AvgIpc) is 3.00. The smallest absolute Gasteiger partial charge is 0.329 e. The van der Waals surface area contributed by atoms with Crippen LogP contribution in [0.3, 0.4) is 0 Å². The molecule has 0 spiro atoms. The Labute approximate surface area is 238 Å². The topological polar surface area (TPSA) is 81.2 Å². The lowest BCUT2D eigenvalue weighted by atomic mass is 10.1. The highest BCUT2D eigenvalue weighted by Crippen LogP contribution is 2.30. The Balaban J connectivity index is 1.51. The van der Waals surface area contributed by atoms with E-state index in [0.717, 1.165) is 33.8 Å². The second kappa shape index (κ2) is 14.5. The SMILES string of the molecule is CCC(Sc1nc(-c2ccccc2)cc(-c2ccccc2)n1)C(=O)NC(CSCc1ccccc1)C(=O)OC. The fourth-order valence-electron chi connectivity index (χ4n) is 3.89. The molecule has 0 aliphatic carbocycles. The minimum Gasteiger partial charge on any atom is -0.467 e. The summed E-state index contributed by atoms with van der Waals surface area (Å²) in [5, 5.41) is 2.93. The number of ether oxygens (including phenoxy) is 1. The number of benzene rings is 3. The zero-order chi connectivity index (χ0) is 27.5. The molecule has 0 saturated heterocycles. The van der Waals surface area contributed by atoms with Gasteiger partial charge in [-0.2, -0.15) is 11.8 Å². The second-order valence-corrected chi connectivity index (χ2v) is 11.0. The Morgan fingerprint density at radius 2 is 1.38 bits per heavy atom. The molecule has 1 heterocycles. The lowest BCUT2D eigenvalue weighted by Gasteiger charge is -2.20. The molecule has 3 aromatic carbocycles. The van der Waals surface area contributed by atoms with Crippen LogP contribution in [0.2, 0.25) is 0 Å². The Bertz CT molecular complexity index is 1300. The van der Waals surface area contributed by atoms with Crippen molar-refractivity contribution >= 4 is 35.4 Å². The van der Waals surface area contributed by atoms with Crippen molar-refractivity contribution < 1.29 is 14.3 Å². The van der Waals surface area contributed by atoms with Crippen LogP contribution >= 0.6 is 23.5 Å². The van der Waals surface area contributed by atoms with E-state index < -0.39 is 17.3 Å². The predicted molar refractivity (Wildman–Crippen MR) is 159 cm³/mol. The third kappa shape index (κ3) is 8.18. The van der Waals surface area contributed by atoms with Gasteiger partial charge in [0.1, 0.15) is 6.04 Å². The first kappa shape index (κ1) is 28.4. The monoisotopic (exact) mass is 557 g/mol. The number of thioether (sulfide) groups is 2. The number of rotatable bonds is 12. The molecule has 0 bridgehead atoms. The molecule has 39 heavy (non-hydrogen) atoms. The van der Waals surface area contributed by atoms with Crippen LogP contribution in [0, 0.1) is 0 Å². The standard InChI is InChI=1S/C31H31N3O3S2/c1-3-28(29(35)32-27(30(36)37-2)21-38-20-22-13-7-4-8-14-22)39-31-33-25(23-15-9-5-10-16-23)19-26(34-31)24-17-11-6-12-18-24/h4-19,27-28H,3,20-21H2,1-2H3,(H,32,35). The summed E-state index contributed by atoms with van der Waals surface area (Å²) in [4.78, 5) is 35.4. The summed E-state index contributed by atoms with van der Waals surface area (Å²) in [6.07, 6.45) is 0.543. The Morgan fingerprint density at radius 1 is 0.846 bits per heavy atom. The summed E-state index contributed by atoms with van der Waals surface area (Å²) in [7, 11) is 1.34. The predicted octanol–water partition coefficient (Wildman–Crippen LogP) is 6.27. The van der Waals surface area contributed by atoms with Crippen molar-refractivity contribution in [3.63, 3.8) is 0 Å². The Morgan fingerprint density at radius 3 is 1.90 bits per heavy atom. The van der Waals surface area contributed by atoms with Gasteiger partial charge < -0.3 is 10.1 Å². The second-order valence-electron chi connectivity index (χ2n) is 8.75. The van der Waals surface area contributed by atoms with Crippen LogP contribution in [0.4, 0.5) is 0 Å². The summed E-state index contributed by atoms with van der Waals surface area (Å²) in [6.45, 7) is 1.94. The fourth-order valence-corrected chi connectivity index (χ4v) is 5.78. The van der Waals surface area contributed by atoms with Gasteiger partial charge in [0.2, 0.25) is 5.91 Å². The molecule has 4 aromatic rings. The van der Waals surface area contributed by atoms with Gasteiger partial charge in [-0.3, -0.25) is 4.79 Å². The number of aromatic nitrogens is 2. The van der Waals surface area contributed by atoms with Crippen molar-refractivity contribution in [1.29, 1.82) is 0 Å². The van der Waals surface area contributed by atoms with Crippen LogP contribution in [0.5, 0.6) is 0 Å². The van der Waals surface area contributed by atoms with Gasteiger partial charge in [0.05, 0.1) is 23.7 Å². The molecule has 8 heteroatoms. The summed E-state index contributed by atoms with van der Waals surface area (Å²) >= 11 is 2.88. The molecule has 1 aromatic heterocycles. The van der Waals surface area contributed by atoms with Crippen LogP contribution < -0.4 is 5.32 Å². The molecule has 1 amide bonds. The first-order valence-corrected chi connectivity index (χ1v) is 14.8. The van der Waals surface area contributed by atoms with Gasteiger partial charge >= 0.3 is 5.97 Å². The molecule has 0 aliphatic heterocycles. The largest absolute Gasteiger partial charge is 0.467 e. The highest BCUT2D eigenvalue weighted by Gasteiger charge is 2.27. The summed E-state index contributed by atoms with van der Waals surface area (Å²) in [5.74, 6) is 0.441. The molecule has 6 nitrogen and oxygen atoms in total. The maximum Gasteiger partial charge on any atom is 0.329 e. The number of nitrogens with one attached hydrogen (secondary N) is 1. The molecule has 0 radical (unpaired) electrons. The van der Waals surface area contributed by atoms with Gasteiger partial charge in [-0.1, -0.05) is 110 Å². The number of hydrogen-bond acceptors (Lipinski definition) is 7. The number of nitrogens with zero attached hydrogens (tertiary/aromatic N) is 2. The molecule has 0 aliphatic rings. The maximum atomic E-state index is 13.3. The molecule has 2 atom stereocenters. The van der Waals surface area contributed by atoms with Crippen LogP contribution in [0.15, 0.2) is 102 Å². The molecule has 0 saturated carbocycles. The van der Waals surface area contributed by atoms with Crippen molar-refractivity contribution in [3.05, 3.63) is 103 Å². The highest BCUT2D eigenvalue weighted by molar-refractivity contribution is 8.00. The zero-order valence-corrected chi connectivity index (χ0v) is 23.6. The fraction of sp³-hybridized carbons (Fsp3) is 0.226. The molecule has 0 fully saturated rings. The lowest BCUT2D eigenvalue weighted by molar-refractivity contribution is -0.144. The third-order valence-corrected chi connectivity index (χ3v) is 8.29. The van der Waals surface area contributed by atoms with Crippen molar-refractivity contribution in [2.45, 2.75) is 35.5 Å². The summed E-state index contributed by atoms with van der Waals surface area (Å²) < 4.78 is 4.98. The minimum absolute atomic E-state index is 0.242. The number of amides is 1. The first-order valence-electron chi connectivity index (χ1n) is 12.7. The van der Waals surface area contributed by atoms with Crippen LogP contribution in [0.1, 0.15) is 18.9 Å². The zero-order valence-electron chi connectivity index (χ0n) is 21.9. The van der Waals surface area contributed by atoms with E-state index in [-0.39, 0.29) is 5.91 Å². The van der Waals surface area contributed by atoms with E-state index in [0.29, 0.717) is 17.3 Å². The van der Waals surface area contributed by atoms with E-state index in [1.807, 2.05) is 104 Å². The number of esters is 1. The molecule has 200 valence electrons. The number of methoxy groups -OCH3 is 1.